The van der Waals surface area contributed by atoms with Gasteiger partial charge >= 0.3 is 0 Å². The zero-order chi connectivity index (χ0) is 9.15. The minimum absolute atomic E-state index is 0.706. The van der Waals surface area contributed by atoms with E-state index in [4.69, 9.17) is 0 Å². The van der Waals surface area contributed by atoms with Gasteiger partial charge < -0.3 is 10.6 Å². The van der Waals surface area contributed by atoms with Crippen molar-refractivity contribution in [3.05, 3.63) is 0 Å². The molecule has 0 amide bonds. The van der Waals surface area contributed by atoms with Crippen molar-refractivity contribution in [1.29, 1.82) is 0 Å². The van der Waals surface area contributed by atoms with Gasteiger partial charge in [0.05, 0.1) is 0 Å². The Hall–Kier alpha value is -0.0800. The summed E-state index contributed by atoms with van der Waals surface area (Å²) in [5, 5.41) is 7.16. The molecule has 1 heterocycles. The molecule has 2 aliphatic rings. The molecular formula is C11H22N2. The van der Waals surface area contributed by atoms with Crippen LogP contribution in [0.5, 0.6) is 0 Å². The minimum atomic E-state index is 0.706. The predicted molar refractivity (Wildman–Crippen MR) is 55.9 cm³/mol. The number of hydrogen-bond donors (Lipinski definition) is 2. The van der Waals surface area contributed by atoms with Crippen LogP contribution in [0, 0.1) is 5.41 Å². The Bertz CT molecular complexity index is 157. The van der Waals surface area contributed by atoms with Gasteiger partial charge in [-0.2, -0.15) is 0 Å². The van der Waals surface area contributed by atoms with E-state index in [-0.39, 0.29) is 0 Å². The van der Waals surface area contributed by atoms with Gasteiger partial charge in [-0.25, -0.2) is 0 Å². The summed E-state index contributed by atoms with van der Waals surface area (Å²) in [4.78, 5) is 0. The Morgan fingerprint density at radius 1 is 1.46 bits per heavy atom. The summed E-state index contributed by atoms with van der Waals surface area (Å²) in [5.74, 6) is 0. The fourth-order valence-corrected chi connectivity index (χ4v) is 2.22. The number of nitrogens with one attached hydrogen (secondary N) is 2. The molecule has 1 atom stereocenters. The topological polar surface area (TPSA) is 24.1 Å². The first-order chi connectivity index (χ1) is 6.35. The van der Waals surface area contributed by atoms with Crippen LogP contribution in [0.15, 0.2) is 0 Å². The Labute approximate surface area is 81.5 Å². The van der Waals surface area contributed by atoms with Crippen molar-refractivity contribution < 1.29 is 0 Å². The van der Waals surface area contributed by atoms with Crippen LogP contribution < -0.4 is 10.6 Å². The molecule has 1 aliphatic carbocycles. The summed E-state index contributed by atoms with van der Waals surface area (Å²) in [7, 11) is 0. The maximum atomic E-state index is 3.71. The lowest BCUT2D eigenvalue weighted by Gasteiger charge is -2.26. The highest BCUT2D eigenvalue weighted by atomic mass is 15.0. The molecule has 2 nitrogen and oxygen atoms in total. The predicted octanol–water partition coefficient (Wildman–Crippen LogP) is 1.52. The van der Waals surface area contributed by atoms with E-state index in [2.05, 4.69) is 17.6 Å². The second-order valence-electron chi connectivity index (χ2n) is 4.78. The Balaban J connectivity index is 1.66. The quantitative estimate of drug-likeness (QED) is 0.689. The van der Waals surface area contributed by atoms with E-state index in [1.54, 1.807) is 0 Å². The van der Waals surface area contributed by atoms with Crippen LogP contribution in [0.2, 0.25) is 0 Å². The van der Waals surface area contributed by atoms with Crippen LogP contribution in [-0.2, 0) is 0 Å². The molecular weight excluding hydrogens is 160 g/mol. The van der Waals surface area contributed by atoms with E-state index in [1.165, 1.54) is 51.7 Å². The van der Waals surface area contributed by atoms with Gasteiger partial charge in [0, 0.05) is 19.1 Å². The van der Waals surface area contributed by atoms with Crippen LogP contribution in [0.25, 0.3) is 0 Å². The molecule has 2 heteroatoms. The van der Waals surface area contributed by atoms with Crippen LogP contribution in [0.4, 0.5) is 0 Å². The van der Waals surface area contributed by atoms with E-state index in [9.17, 15) is 0 Å². The molecule has 76 valence electrons. The molecule has 0 radical (unpaired) electrons. The van der Waals surface area contributed by atoms with Gasteiger partial charge in [-0.15, -0.1) is 0 Å². The summed E-state index contributed by atoms with van der Waals surface area (Å²) in [6.45, 7) is 5.99. The molecule has 0 spiro atoms. The van der Waals surface area contributed by atoms with Crippen molar-refractivity contribution in [2.45, 2.75) is 45.1 Å². The third-order valence-corrected chi connectivity index (χ3v) is 3.77. The fraction of sp³-hybridized carbons (Fsp3) is 1.00. The summed E-state index contributed by atoms with van der Waals surface area (Å²) < 4.78 is 0. The summed E-state index contributed by atoms with van der Waals surface area (Å²) >= 11 is 0. The monoisotopic (exact) mass is 182 g/mol. The van der Waals surface area contributed by atoms with Gasteiger partial charge in [0.15, 0.2) is 0 Å². The van der Waals surface area contributed by atoms with Crippen LogP contribution in [0.3, 0.4) is 0 Å². The van der Waals surface area contributed by atoms with Crippen LogP contribution in [-0.4, -0.2) is 25.7 Å². The second kappa shape index (κ2) is 3.97. The molecule has 13 heavy (non-hydrogen) atoms. The fourth-order valence-electron chi connectivity index (χ4n) is 2.22. The molecule has 1 saturated heterocycles. The maximum absolute atomic E-state index is 3.71. The minimum Gasteiger partial charge on any atom is -0.315 e. The molecule has 1 unspecified atom stereocenters. The van der Waals surface area contributed by atoms with Gasteiger partial charge in [-0.1, -0.05) is 6.92 Å². The van der Waals surface area contributed by atoms with Crippen molar-refractivity contribution in [1.82, 2.24) is 10.6 Å². The average Bonchev–Trinajstić information content (AvgIpc) is 2.97. The van der Waals surface area contributed by atoms with E-state index in [0.29, 0.717) is 5.41 Å². The Kier molecular flexibility index (Phi) is 2.89. The highest BCUT2D eigenvalue weighted by Crippen LogP contribution is 2.47. The molecule has 1 aliphatic heterocycles. The zero-order valence-corrected chi connectivity index (χ0v) is 8.73. The van der Waals surface area contributed by atoms with Crippen molar-refractivity contribution in [3.8, 4) is 0 Å². The number of hydrogen-bond acceptors (Lipinski definition) is 2. The molecule has 0 aromatic heterocycles. The van der Waals surface area contributed by atoms with E-state index < -0.39 is 0 Å². The lowest BCUT2D eigenvalue weighted by Crippen LogP contribution is -2.44. The Morgan fingerprint density at radius 2 is 2.31 bits per heavy atom. The smallest absolute Gasteiger partial charge is 0.0193 e. The molecule has 2 fully saturated rings. The average molecular weight is 182 g/mol. The normalized spacial score (nSPS) is 31.6. The molecule has 0 bridgehead atoms. The standard InChI is InChI=1S/C11H22N2/c1-2-11(5-6-11)9-13-10-4-3-7-12-8-10/h10,12-13H,2-9H2,1H3. The maximum Gasteiger partial charge on any atom is 0.0193 e. The highest BCUT2D eigenvalue weighted by Gasteiger charge is 2.40. The lowest BCUT2D eigenvalue weighted by atomic mass is 10.0. The number of piperidine rings is 1. The van der Waals surface area contributed by atoms with Crippen molar-refractivity contribution in [3.63, 3.8) is 0 Å². The van der Waals surface area contributed by atoms with Gasteiger partial charge in [-0.3, -0.25) is 0 Å². The second-order valence-corrected chi connectivity index (χ2v) is 4.78. The van der Waals surface area contributed by atoms with E-state index >= 15 is 0 Å². The molecule has 0 aromatic rings. The first-order valence-corrected chi connectivity index (χ1v) is 5.79. The first-order valence-electron chi connectivity index (χ1n) is 5.79. The SMILES string of the molecule is CCC1(CNC2CCCNC2)CC1. The third kappa shape index (κ3) is 2.44. The largest absolute Gasteiger partial charge is 0.315 e. The van der Waals surface area contributed by atoms with E-state index in [1.807, 2.05) is 0 Å². The first kappa shape index (κ1) is 9.47. The summed E-state index contributed by atoms with van der Waals surface area (Å²) in [6.07, 6.45) is 6.98. The van der Waals surface area contributed by atoms with Crippen molar-refractivity contribution in [2.24, 2.45) is 5.41 Å². The molecule has 2 N–H and O–H groups in total. The van der Waals surface area contributed by atoms with Gasteiger partial charge in [0.1, 0.15) is 0 Å². The van der Waals surface area contributed by atoms with Crippen molar-refractivity contribution in [2.75, 3.05) is 19.6 Å². The van der Waals surface area contributed by atoms with E-state index in [0.717, 1.165) is 6.04 Å². The Morgan fingerprint density at radius 3 is 2.85 bits per heavy atom. The molecule has 2 rings (SSSR count). The van der Waals surface area contributed by atoms with Crippen molar-refractivity contribution >= 4 is 0 Å². The highest BCUT2D eigenvalue weighted by molar-refractivity contribution is 4.94. The zero-order valence-electron chi connectivity index (χ0n) is 8.73. The lowest BCUT2D eigenvalue weighted by molar-refractivity contribution is 0.346. The molecule has 1 saturated carbocycles. The molecule has 0 aromatic carbocycles. The number of rotatable bonds is 4. The van der Waals surface area contributed by atoms with Gasteiger partial charge in [0.2, 0.25) is 0 Å². The van der Waals surface area contributed by atoms with Crippen LogP contribution in [0.1, 0.15) is 39.0 Å². The summed E-state index contributed by atoms with van der Waals surface area (Å²) in [6, 6.07) is 0.748. The van der Waals surface area contributed by atoms with Gasteiger partial charge in [-0.05, 0) is 44.1 Å². The van der Waals surface area contributed by atoms with Crippen LogP contribution >= 0.6 is 0 Å². The summed E-state index contributed by atoms with van der Waals surface area (Å²) in [5.41, 5.74) is 0.706. The third-order valence-electron chi connectivity index (χ3n) is 3.77. The van der Waals surface area contributed by atoms with Gasteiger partial charge in [0.25, 0.3) is 0 Å².